The first kappa shape index (κ1) is 10.2. The Morgan fingerprint density at radius 2 is 2.07 bits per heavy atom. The highest BCUT2D eigenvalue weighted by molar-refractivity contribution is 7.86. The van der Waals surface area contributed by atoms with Crippen LogP contribution in [0.3, 0.4) is 0 Å². The smallest absolute Gasteiger partial charge is 0.259 e. The molecular formula is C10H16O3S. The molecule has 0 aromatic heterocycles. The molecule has 0 aliphatic heterocycles. The summed E-state index contributed by atoms with van der Waals surface area (Å²) in [6.45, 7) is 0. The van der Waals surface area contributed by atoms with E-state index in [-0.39, 0.29) is 0 Å². The van der Waals surface area contributed by atoms with Crippen molar-refractivity contribution in [1.82, 2.24) is 0 Å². The molecule has 3 nitrogen and oxygen atoms in total. The van der Waals surface area contributed by atoms with E-state index in [4.69, 9.17) is 4.18 Å². The number of rotatable bonds is 3. The summed E-state index contributed by atoms with van der Waals surface area (Å²) in [7, 11) is -3.31. The Hall–Kier alpha value is -0.350. The molecule has 0 saturated heterocycles. The Balaban J connectivity index is 2.12. The van der Waals surface area contributed by atoms with E-state index in [1.165, 1.54) is 18.4 Å². The maximum Gasteiger partial charge on any atom is 0.265 e. The Kier molecular flexibility index (Phi) is 2.43. The number of hydrogen-bond acceptors (Lipinski definition) is 3. The van der Waals surface area contributed by atoms with Crippen molar-refractivity contribution in [3.05, 3.63) is 11.6 Å². The Morgan fingerprint density at radius 3 is 2.50 bits per heavy atom. The Bertz CT molecular complexity index is 350. The second kappa shape index (κ2) is 3.35. The predicted octanol–water partition coefficient (Wildman–Crippen LogP) is 2.00. The Morgan fingerprint density at radius 1 is 1.36 bits per heavy atom. The van der Waals surface area contributed by atoms with Crippen LogP contribution in [0.5, 0.6) is 0 Å². The van der Waals surface area contributed by atoms with Gasteiger partial charge in [-0.1, -0.05) is 6.08 Å². The van der Waals surface area contributed by atoms with Gasteiger partial charge in [0.2, 0.25) is 0 Å². The lowest BCUT2D eigenvalue weighted by atomic mass is 9.94. The normalized spacial score (nSPS) is 25.6. The van der Waals surface area contributed by atoms with Crippen molar-refractivity contribution < 1.29 is 12.6 Å². The first-order valence-corrected chi connectivity index (χ1v) is 6.94. The van der Waals surface area contributed by atoms with Gasteiger partial charge in [0.15, 0.2) is 0 Å². The van der Waals surface area contributed by atoms with Gasteiger partial charge in [-0.2, -0.15) is 8.42 Å². The monoisotopic (exact) mass is 216 g/mol. The van der Waals surface area contributed by atoms with E-state index in [1.807, 2.05) is 0 Å². The van der Waals surface area contributed by atoms with Gasteiger partial charge in [-0.25, -0.2) is 0 Å². The average molecular weight is 216 g/mol. The molecule has 0 amide bonds. The molecule has 4 heteroatoms. The lowest BCUT2D eigenvalue weighted by Crippen LogP contribution is -2.22. The fourth-order valence-corrected chi connectivity index (χ4v) is 2.97. The lowest BCUT2D eigenvalue weighted by molar-refractivity contribution is 0.219. The van der Waals surface area contributed by atoms with Crippen LogP contribution in [0.2, 0.25) is 0 Å². The minimum Gasteiger partial charge on any atom is -0.259 e. The van der Waals surface area contributed by atoms with Crippen molar-refractivity contribution in [2.24, 2.45) is 0 Å². The molecule has 0 spiro atoms. The second-order valence-electron chi connectivity index (χ2n) is 4.26. The third kappa shape index (κ3) is 2.17. The van der Waals surface area contributed by atoms with Crippen LogP contribution < -0.4 is 0 Å². The molecule has 2 rings (SSSR count). The average Bonchev–Trinajstić information content (AvgIpc) is 2.85. The highest BCUT2D eigenvalue weighted by Gasteiger charge is 2.49. The van der Waals surface area contributed by atoms with Crippen molar-refractivity contribution in [3.63, 3.8) is 0 Å². The van der Waals surface area contributed by atoms with Crippen molar-refractivity contribution >= 4 is 10.1 Å². The van der Waals surface area contributed by atoms with Crippen LogP contribution in [0.1, 0.15) is 38.5 Å². The quantitative estimate of drug-likeness (QED) is 0.535. The summed E-state index contributed by atoms with van der Waals surface area (Å²) in [5.41, 5.74) is 0.794. The molecular weight excluding hydrogens is 200 g/mol. The Labute approximate surface area is 85.3 Å². The summed E-state index contributed by atoms with van der Waals surface area (Å²) < 4.78 is 27.3. The molecule has 0 atom stereocenters. The first-order valence-electron chi connectivity index (χ1n) is 5.12. The predicted molar refractivity (Wildman–Crippen MR) is 54.4 cm³/mol. The number of allylic oxidation sites excluding steroid dienone is 1. The van der Waals surface area contributed by atoms with Gasteiger partial charge < -0.3 is 0 Å². The van der Waals surface area contributed by atoms with Crippen molar-refractivity contribution in [2.75, 3.05) is 6.26 Å². The van der Waals surface area contributed by atoms with E-state index in [9.17, 15) is 8.42 Å². The molecule has 0 radical (unpaired) electrons. The maximum atomic E-state index is 11.1. The molecule has 1 saturated carbocycles. The van der Waals surface area contributed by atoms with Gasteiger partial charge in [0.25, 0.3) is 10.1 Å². The zero-order valence-corrected chi connectivity index (χ0v) is 9.27. The van der Waals surface area contributed by atoms with E-state index in [2.05, 4.69) is 6.08 Å². The molecule has 14 heavy (non-hydrogen) atoms. The van der Waals surface area contributed by atoms with Crippen LogP contribution >= 0.6 is 0 Å². The fraction of sp³-hybridized carbons (Fsp3) is 0.800. The summed E-state index contributed by atoms with van der Waals surface area (Å²) in [5.74, 6) is 0. The molecule has 0 N–H and O–H groups in total. The van der Waals surface area contributed by atoms with Crippen LogP contribution in [0.25, 0.3) is 0 Å². The fourth-order valence-electron chi connectivity index (χ4n) is 2.11. The van der Waals surface area contributed by atoms with Crippen LogP contribution in [-0.2, 0) is 14.3 Å². The van der Waals surface area contributed by atoms with Gasteiger partial charge in [-0.3, -0.25) is 4.18 Å². The summed E-state index contributed by atoms with van der Waals surface area (Å²) in [6, 6.07) is 0. The first-order chi connectivity index (χ1) is 6.52. The standard InChI is InChI=1S/C10H16O3S/c1-14(11,12)13-10(7-8-10)9-5-3-2-4-6-9/h5H,2-4,6-8H2,1H3. The van der Waals surface area contributed by atoms with Crippen LogP contribution in [-0.4, -0.2) is 20.3 Å². The largest absolute Gasteiger partial charge is 0.265 e. The van der Waals surface area contributed by atoms with Gasteiger partial charge in [0.1, 0.15) is 5.60 Å². The molecule has 0 heterocycles. The maximum absolute atomic E-state index is 11.1. The second-order valence-corrected chi connectivity index (χ2v) is 5.83. The minimum absolute atomic E-state index is 0.423. The van der Waals surface area contributed by atoms with Crippen molar-refractivity contribution in [3.8, 4) is 0 Å². The summed E-state index contributed by atoms with van der Waals surface area (Å²) in [4.78, 5) is 0. The zero-order valence-electron chi connectivity index (χ0n) is 8.45. The highest BCUT2D eigenvalue weighted by Crippen LogP contribution is 2.49. The van der Waals surface area contributed by atoms with Gasteiger partial charge in [-0.15, -0.1) is 0 Å². The van der Waals surface area contributed by atoms with Gasteiger partial charge in [-0.05, 0) is 44.1 Å². The molecule has 0 bridgehead atoms. The molecule has 1 fully saturated rings. The van der Waals surface area contributed by atoms with Crippen molar-refractivity contribution in [2.45, 2.75) is 44.1 Å². The van der Waals surface area contributed by atoms with Crippen LogP contribution in [0.15, 0.2) is 11.6 Å². The third-order valence-electron chi connectivity index (χ3n) is 2.89. The van der Waals surface area contributed by atoms with E-state index in [1.54, 1.807) is 0 Å². The molecule has 0 aromatic rings. The highest BCUT2D eigenvalue weighted by atomic mass is 32.2. The summed E-state index contributed by atoms with van der Waals surface area (Å²) in [6.07, 6.45) is 9.51. The topological polar surface area (TPSA) is 43.4 Å². The van der Waals surface area contributed by atoms with Gasteiger partial charge in [0.05, 0.1) is 6.26 Å². The third-order valence-corrected chi connectivity index (χ3v) is 3.51. The molecule has 80 valence electrons. The molecule has 2 aliphatic rings. The lowest BCUT2D eigenvalue weighted by Gasteiger charge is -2.21. The molecule has 0 unspecified atom stereocenters. The van der Waals surface area contributed by atoms with Crippen LogP contribution in [0.4, 0.5) is 0 Å². The van der Waals surface area contributed by atoms with E-state index >= 15 is 0 Å². The number of hydrogen-bond donors (Lipinski definition) is 0. The van der Waals surface area contributed by atoms with Gasteiger partial charge in [0, 0.05) is 0 Å². The molecule has 0 aromatic carbocycles. The van der Waals surface area contributed by atoms with E-state index < -0.39 is 15.7 Å². The minimum atomic E-state index is -3.31. The zero-order chi connectivity index (χ0) is 10.2. The SMILES string of the molecule is CS(=O)(=O)OC1(C2=CCCCC2)CC1. The summed E-state index contributed by atoms with van der Waals surface area (Å²) in [5, 5.41) is 0. The van der Waals surface area contributed by atoms with E-state index in [0.717, 1.165) is 31.9 Å². The summed E-state index contributed by atoms with van der Waals surface area (Å²) >= 11 is 0. The molecule has 2 aliphatic carbocycles. The van der Waals surface area contributed by atoms with E-state index in [0.29, 0.717) is 0 Å². The van der Waals surface area contributed by atoms with Gasteiger partial charge >= 0.3 is 0 Å². The van der Waals surface area contributed by atoms with Crippen LogP contribution in [0, 0.1) is 0 Å². The van der Waals surface area contributed by atoms with Crippen molar-refractivity contribution in [1.29, 1.82) is 0 Å².